The number of anilines is 2. The number of nitrogens with one attached hydrogen (secondary N) is 1. The lowest BCUT2D eigenvalue weighted by Crippen LogP contribution is -2.44. The van der Waals surface area contributed by atoms with Crippen LogP contribution in [0.25, 0.3) is 0 Å². The summed E-state index contributed by atoms with van der Waals surface area (Å²) < 4.78 is 42.1. The molecule has 0 saturated carbocycles. The minimum absolute atomic E-state index is 0.145. The van der Waals surface area contributed by atoms with Gasteiger partial charge in [-0.2, -0.15) is 29.5 Å². The van der Waals surface area contributed by atoms with E-state index in [1.807, 2.05) is 68.0 Å². The first-order valence-electron chi connectivity index (χ1n) is 15.8. The van der Waals surface area contributed by atoms with Gasteiger partial charge in [0.15, 0.2) is 6.54 Å². The summed E-state index contributed by atoms with van der Waals surface area (Å²) in [4.78, 5) is 32.9. The number of thioether (sulfide) groups is 1. The lowest BCUT2D eigenvalue weighted by atomic mass is 9.82. The van der Waals surface area contributed by atoms with Gasteiger partial charge in [-0.25, -0.2) is 4.79 Å². The molecule has 0 spiro atoms. The van der Waals surface area contributed by atoms with Crippen LogP contribution in [0.1, 0.15) is 44.1 Å². The standard InChI is InChI=1S/C36H33F3N4O2.C2H6S/c1-24-10-12-25(13-11-24)23-43-33(26-14-16-27(17-15-26)36(37,38)39)32(30-8-3-4-9-31(30)35(43)45)34(44)40-28-6-5-7-29(22-28)42-20-18-41(2)19-21-42;1-3-2/h3-17,22,32H,18-21,23H2,1-2H3;1-2H3/p+1/t32-;/m0./s1. The van der Waals surface area contributed by atoms with Crippen LogP contribution in [-0.2, 0) is 17.5 Å². The number of halogens is 3. The van der Waals surface area contributed by atoms with Crippen molar-refractivity contribution in [3.05, 3.63) is 130 Å². The van der Waals surface area contributed by atoms with Gasteiger partial charge in [-0.1, -0.05) is 54.1 Å². The molecule has 2 aliphatic rings. The summed E-state index contributed by atoms with van der Waals surface area (Å²) in [6.45, 7) is 5.71. The van der Waals surface area contributed by atoms with Crippen molar-refractivity contribution >= 4 is 40.7 Å². The Morgan fingerprint density at radius 3 is 2.19 bits per heavy atom. The van der Waals surface area contributed by atoms with Crippen LogP contribution >= 0.6 is 11.8 Å². The Balaban J connectivity index is 0.00000145. The third-order valence-electron chi connectivity index (χ3n) is 8.53. The molecule has 48 heavy (non-hydrogen) atoms. The molecular weight excluding hydrogens is 634 g/mol. The van der Waals surface area contributed by atoms with E-state index in [1.54, 1.807) is 36.0 Å². The minimum atomic E-state index is -4.52. The van der Waals surface area contributed by atoms with Crippen LogP contribution in [0, 0.1) is 6.92 Å². The number of hydrogen-bond donors (Lipinski definition) is 1. The largest absolute Gasteiger partial charge is 0.420 e. The molecule has 250 valence electrons. The molecule has 2 amide bonds. The van der Waals surface area contributed by atoms with E-state index in [-0.39, 0.29) is 18.4 Å². The van der Waals surface area contributed by atoms with Crippen molar-refractivity contribution in [3.63, 3.8) is 0 Å². The van der Waals surface area contributed by atoms with Gasteiger partial charge in [-0.3, -0.25) is 4.79 Å². The molecule has 1 fully saturated rings. The van der Waals surface area contributed by atoms with E-state index >= 15 is 0 Å². The van der Waals surface area contributed by atoms with E-state index in [4.69, 9.17) is 0 Å². The number of piperazine rings is 1. The first-order valence-corrected chi connectivity index (χ1v) is 17.4. The Bertz CT molecular complexity index is 1780. The van der Waals surface area contributed by atoms with Gasteiger partial charge in [0.05, 0.1) is 11.1 Å². The molecule has 0 aliphatic carbocycles. The van der Waals surface area contributed by atoms with Gasteiger partial charge < -0.3 is 15.1 Å². The summed E-state index contributed by atoms with van der Waals surface area (Å²) in [7, 11) is 2.09. The Kier molecular flexibility index (Phi) is 11.1. The monoisotopic (exact) mass is 673 g/mol. The molecule has 1 N–H and O–H groups in total. The normalized spacial score (nSPS) is 16.6. The van der Waals surface area contributed by atoms with Gasteiger partial charge in [-0.15, -0.1) is 0 Å². The molecule has 2 aliphatic heterocycles. The van der Waals surface area contributed by atoms with Crippen LogP contribution in [0.2, 0.25) is 0 Å². The second-order valence-corrected chi connectivity index (χ2v) is 12.9. The van der Waals surface area contributed by atoms with E-state index in [9.17, 15) is 22.8 Å². The molecule has 1 saturated heterocycles. The number of carbonyl (C=O) groups excluding carboxylic acids is 2. The zero-order valence-corrected chi connectivity index (χ0v) is 28.4. The molecule has 1 atom stereocenters. The number of nitrogens with zero attached hydrogens (tertiary/aromatic N) is 3. The second-order valence-electron chi connectivity index (χ2n) is 12.1. The van der Waals surface area contributed by atoms with Crippen LogP contribution in [0.4, 0.5) is 24.5 Å². The van der Waals surface area contributed by atoms with Gasteiger partial charge in [0.2, 0.25) is 11.6 Å². The average Bonchev–Trinajstić information content (AvgIpc) is 3.07. The van der Waals surface area contributed by atoms with Gasteiger partial charge >= 0.3 is 12.1 Å². The number of rotatable bonds is 6. The maximum absolute atomic E-state index is 14.3. The van der Waals surface area contributed by atoms with Crippen molar-refractivity contribution in [2.45, 2.75) is 25.6 Å². The number of likely N-dealkylation sites (N-methyl/N-ethyl adjacent to an activating group) is 1. The lowest BCUT2D eigenvalue weighted by molar-refractivity contribution is -0.447. The number of hydrogen-bond acceptors (Lipinski definition) is 5. The van der Waals surface area contributed by atoms with Crippen LogP contribution in [-0.4, -0.2) is 72.7 Å². The van der Waals surface area contributed by atoms with Crippen LogP contribution in [0.15, 0.2) is 97.1 Å². The molecule has 6 nitrogen and oxygen atoms in total. The van der Waals surface area contributed by atoms with Gasteiger partial charge in [0, 0.05) is 48.7 Å². The first kappa shape index (κ1) is 34.9. The summed E-state index contributed by atoms with van der Waals surface area (Å²) >= 11 is 1.75. The minimum Gasteiger partial charge on any atom is -0.369 e. The number of alkyl halides is 3. The van der Waals surface area contributed by atoms with Crippen molar-refractivity contribution < 1.29 is 27.3 Å². The highest BCUT2D eigenvalue weighted by Crippen LogP contribution is 2.34. The van der Waals surface area contributed by atoms with E-state index in [2.05, 4.69) is 22.2 Å². The van der Waals surface area contributed by atoms with Gasteiger partial charge in [0.25, 0.3) is 0 Å². The van der Waals surface area contributed by atoms with Crippen LogP contribution < -0.4 is 10.2 Å². The molecule has 0 bridgehead atoms. The fraction of sp³-hybridized carbons (Fsp3) is 0.289. The maximum Gasteiger partial charge on any atom is 0.420 e. The smallest absolute Gasteiger partial charge is 0.369 e. The Morgan fingerprint density at radius 2 is 1.54 bits per heavy atom. The highest BCUT2D eigenvalue weighted by molar-refractivity contribution is 7.97. The number of carbonyl (C=O) groups is 2. The molecule has 4 aromatic rings. The molecule has 2 heterocycles. The first-order chi connectivity index (χ1) is 23.0. The highest BCUT2D eigenvalue weighted by Gasteiger charge is 2.45. The predicted molar refractivity (Wildman–Crippen MR) is 188 cm³/mol. The summed E-state index contributed by atoms with van der Waals surface area (Å²) in [5.74, 6) is -1.66. The highest BCUT2D eigenvalue weighted by atomic mass is 32.2. The summed E-state index contributed by atoms with van der Waals surface area (Å²) in [6.07, 6.45) is -0.439. The van der Waals surface area contributed by atoms with E-state index in [0.29, 0.717) is 28.1 Å². The number of fused-ring (bicyclic) bond motifs is 1. The maximum atomic E-state index is 14.3. The SMILES string of the molecule is CSC.Cc1ccc(C[N+]2=C(c3ccc(C(F)(F)F)cc3)[C@@H](C(=O)Nc3cccc(N4CCN(C)CC4)c3)c3ccccc3C2=O)cc1. The van der Waals surface area contributed by atoms with Gasteiger partial charge in [0.1, 0.15) is 5.92 Å². The fourth-order valence-electron chi connectivity index (χ4n) is 6.01. The Morgan fingerprint density at radius 1 is 0.896 bits per heavy atom. The molecular formula is C38H40F3N4O2S+. The third-order valence-corrected chi connectivity index (χ3v) is 8.53. The van der Waals surface area contributed by atoms with E-state index in [1.165, 1.54) is 16.7 Å². The average molecular weight is 674 g/mol. The summed E-state index contributed by atoms with van der Waals surface area (Å²) in [5, 5.41) is 3.07. The lowest BCUT2D eigenvalue weighted by Gasteiger charge is -2.34. The van der Waals surface area contributed by atoms with Crippen molar-refractivity contribution in [1.82, 2.24) is 4.90 Å². The van der Waals surface area contributed by atoms with Crippen molar-refractivity contribution in [1.29, 1.82) is 0 Å². The van der Waals surface area contributed by atoms with E-state index in [0.717, 1.165) is 55.1 Å². The molecule has 10 heteroatoms. The van der Waals surface area contributed by atoms with Crippen molar-refractivity contribution in [2.75, 3.05) is 56.0 Å². The second kappa shape index (κ2) is 15.2. The molecule has 0 unspecified atom stereocenters. The Hall–Kier alpha value is -4.41. The summed E-state index contributed by atoms with van der Waals surface area (Å²) in [5.41, 5.74) is 4.26. The van der Waals surface area contributed by atoms with Crippen LogP contribution in [0.3, 0.4) is 0 Å². The number of aryl methyl sites for hydroxylation is 1. The third kappa shape index (κ3) is 7.99. The predicted octanol–water partition coefficient (Wildman–Crippen LogP) is 7.32. The van der Waals surface area contributed by atoms with Crippen LogP contribution in [0.5, 0.6) is 0 Å². The topological polar surface area (TPSA) is 55.7 Å². The van der Waals surface area contributed by atoms with Crippen molar-refractivity contribution in [2.24, 2.45) is 0 Å². The van der Waals surface area contributed by atoms with Gasteiger partial charge in [-0.05, 0) is 80.6 Å². The Labute approximate surface area is 284 Å². The zero-order chi connectivity index (χ0) is 34.4. The molecule has 0 radical (unpaired) electrons. The quantitative estimate of drug-likeness (QED) is 0.218. The zero-order valence-electron chi connectivity index (χ0n) is 27.6. The molecule has 6 rings (SSSR count). The van der Waals surface area contributed by atoms with E-state index < -0.39 is 17.7 Å². The number of amides is 2. The fourth-order valence-corrected chi connectivity index (χ4v) is 6.01. The number of benzene rings is 4. The van der Waals surface area contributed by atoms with Crippen molar-refractivity contribution in [3.8, 4) is 0 Å². The molecule has 4 aromatic carbocycles. The summed E-state index contributed by atoms with van der Waals surface area (Å²) in [6, 6.07) is 27.0. The molecule has 0 aromatic heterocycles.